The first kappa shape index (κ1) is 27.7. The molecule has 0 aliphatic carbocycles. The van der Waals surface area contributed by atoms with Crippen LogP contribution in [0.2, 0.25) is 0 Å². The van der Waals surface area contributed by atoms with Gasteiger partial charge < -0.3 is 35.9 Å². The number of nitrogens with two attached hydrogens (primary N) is 2. The summed E-state index contributed by atoms with van der Waals surface area (Å²) in [6, 6.07) is 7.53. The van der Waals surface area contributed by atoms with Crippen LogP contribution in [0.15, 0.2) is 36.7 Å². The van der Waals surface area contributed by atoms with Crippen molar-refractivity contribution in [3.63, 3.8) is 0 Å². The van der Waals surface area contributed by atoms with Crippen LogP contribution in [0.3, 0.4) is 0 Å². The van der Waals surface area contributed by atoms with Gasteiger partial charge in [0.05, 0.1) is 26.5 Å². The van der Waals surface area contributed by atoms with Crippen molar-refractivity contribution in [3.8, 4) is 17.2 Å². The molecule has 3 aromatic rings. The topological polar surface area (TPSA) is 151 Å². The molecule has 2 heterocycles. The fraction of sp³-hybridized carbons (Fsp3) is 0.360. The number of methoxy groups -OCH3 is 2. The van der Waals surface area contributed by atoms with Crippen LogP contribution in [0, 0.1) is 0 Å². The van der Waals surface area contributed by atoms with Gasteiger partial charge in [-0.1, -0.05) is 0 Å². The van der Waals surface area contributed by atoms with Gasteiger partial charge in [0.15, 0.2) is 11.5 Å². The van der Waals surface area contributed by atoms with Gasteiger partial charge in [0.25, 0.3) is 0 Å². The second-order valence-electron chi connectivity index (χ2n) is 8.18. The molecule has 3 rings (SSSR count). The average molecular weight is 528 g/mol. The number of thiol groups is 1. The molecule has 198 valence electrons. The maximum Gasteiger partial charge on any atom is 0.221 e. The highest BCUT2D eigenvalue weighted by Crippen LogP contribution is 2.39. The molecule has 0 spiro atoms. The molecular formula is C25H33N7O4S. The molecule has 0 bridgehead atoms. The lowest BCUT2D eigenvalue weighted by Gasteiger charge is -2.19. The van der Waals surface area contributed by atoms with Crippen LogP contribution in [-0.2, 0) is 17.0 Å². The number of rotatable bonds is 13. The molecule has 1 aromatic carbocycles. The van der Waals surface area contributed by atoms with Crippen molar-refractivity contribution in [2.45, 2.75) is 18.6 Å². The van der Waals surface area contributed by atoms with Crippen LogP contribution in [0.25, 0.3) is 0 Å². The van der Waals surface area contributed by atoms with E-state index in [9.17, 15) is 4.79 Å². The monoisotopic (exact) mass is 527 g/mol. The lowest BCUT2D eigenvalue weighted by atomic mass is 10.1. The van der Waals surface area contributed by atoms with Crippen LogP contribution in [-0.4, -0.2) is 61.8 Å². The second-order valence-corrected chi connectivity index (χ2v) is 8.49. The van der Waals surface area contributed by atoms with Crippen molar-refractivity contribution in [1.29, 1.82) is 0 Å². The third-order valence-corrected chi connectivity index (χ3v) is 5.90. The van der Waals surface area contributed by atoms with Gasteiger partial charge in [-0.2, -0.15) is 17.6 Å². The van der Waals surface area contributed by atoms with Gasteiger partial charge >= 0.3 is 0 Å². The van der Waals surface area contributed by atoms with Crippen molar-refractivity contribution in [1.82, 2.24) is 20.3 Å². The minimum atomic E-state index is -0.0727. The summed E-state index contributed by atoms with van der Waals surface area (Å²) in [7, 11) is 5.03. The lowest BCUT2D eigenvalue weighted by Crippen LogP contribution is -2.31. The Kier molecular flexibility index (Phi) is 10.0. The van der Waals surface area contributed by atoms with Crippen LogP contribution < -0.4 is 35.9 Å². The van der Waals surface area contributed by atoms with E-state index in [1.54, 1.807) is 26.6 Å². The lowest BCUT2D eigenvalue weighted by molar-refractivity contribution is -0.121. The number of amides is 1. The highest BCUT2D eigenvalue weighted by Gasteiger charge is 2.16. The molecule has 0 saturated heterocycles. The number of benzene rings is 1. The number of nitrogens with one attached hydrogen (secondary N) is 1. The third kappa shape index (κ3) is 7.78. The van der Waals surface area contributed by atoms with Crippen LogP contribution in [0.1, 0.15) is 23.2 Å². The van der Waals surface area contributed by atoms with E-state index in [-0.39, 0.29) is 18.5 Å². The number of ether oxygens (including phenoxy) is 3. The van der Waals surface area contributed by atoms with Gasteiger partial charge in [-0.15, -0.1) is 0 Å². The fourth-order valence-electron chi connectivity index (χ4n) is 3.59. The summed E-state index contributed by atoms with van der Waals surface area (Å²) < 4.78 is 17.0. The number of hydrogen-bond donors (Lipinski definition) is 4. The van der Waals surface area contributed by atoms with Gasteiger partial charge in [0, 0.05) is 55.8 Å². The molecule has 2 aromatic heterocycles. The Hall–Kier alpha value is -3.93. The minimum Gasteiger partial charge on any atom is -0.493 e. The van der Waals surface area contributed by atoms with Crippen molar-refractivity contribution in [3.05, 3.63) is 53.5 Å². The smallest absolute Gasteiger partial charge is 0.221 e. The van der Waals surface area contributed by atoms with E-state index in [1.165, 1.54) is 0 Å². The van der Waals surface area contributed by atoms with E-state index in [0.717, 1.165) is 22.5 Å². The molecular weight excluding hydrogens is 494 g/mol. The summed E-state index contributed by atoms with van der Waals surface area (Å²) in [5.41, 5.74) is 15.0. The Morgan fingerprint density at radius 3 is 2.51 bits per heavy atom. The van der Waals surface area contributed by atoms with E-state index in [0.29, 0.717) is 54.8 Å². The van der Waals surface area contributed by atoms with Crippen LogP contribution in [0.5, 0.6) is 17.2 Å². The highest BCUT2D eigenvalue weighted by atomic mass is 32.1. The van der Waals surface area contributed by atoms with Gasteiger partial charge in [0.1, 0.15) is 12.4 Å². The molecule has 0 atom stereocenters. The van der Waals surface area contributed by atoms with Crippen molar-refractivity contribution in [2.75, 3.05) is 57.3 Å². The second kappa shape index (κ2) is 13.4. The Balaban J connectivity index is 1.52. The summed E-state index contributed by atoms with van der Waals surface area (Å²) in [4.78, 5) is 26.6. The molecule has 5 N–H and O–H groups in total. The summed E-state index contributed by atoms with van der Waals surface area (Å²) in [6.07, 6.45) is 4.14. The highest BCUT2D eigenvalue weighted by molar-refractivity contribution is 7.79. The number of nitrogen functional groups attached to an aromatic ring is 2. The SMILES string of the molecule is COc1cc(Cc2cnc(N)nc2N)cc(OC)c1OCCNC(=O)CCN(C)c1ccnc(CS)c1. The molecule has 0 radical (unpaired) electrons. The number of pyridine rings is 1. The van der Waals surface area contributed by atoms with Gasteiger partial charge in [-0.25, -0.2) is 4.98 Å². The zero-order chi connectivity index (χ0) is 26.8. The minimum absolute atomic E-state index is 0.0727. The van der Waals surface area contributed by atoms with E-state index in [4.69, 9.17) is 25.7 Å². The molecule has 1 amide bonds. The number of anilines is 3. The predicted molar refractivity (Wildman–Crippen MR) is 147 cm³/mol. The van der Waals surface area contributed by atoms with Gasteiger partial charge in [0.2, 0.25) is 17.6 Å². The average Bonchev–Trinajstić information content (AvgIpc) is 2.91. The van der Waals surface area contributed by atoms with Crippen LogP contribution in [0.4, 0.5) is 17.5 Å². The van der Waals surface area contributed by atoms with Gasteiger partial charge in [-0.05, 0) is 29.8 Å². The maximum absolute atomic E-state index is 12.3. The van der Waals surface area contributed by atoms with E-state index in [1.807, 2.05) is 36.2 Å². The first-order valence-corrected chi connectivity index (χ1v) is 12.3. The normalized spacial score (nSPS) is 10.6. The summed E-state index contributed by atoms with van der Waals surface area (Å²) in [5.74, 6) is 2.36. The zero-order valence-electron chi connectivity index (χ0n) is 21.2. The van der Waals surface area contributed by atoms with Crippen LogP contribution >= 0.6 is 12.6 Å². The molecule has 0 aliphatic rings. The zero-order valence-corrected chi connectivity index (χ0v) is 22.1. The Bertz CT molecular complexity index is 1190. The molecule has 0 aliphatic heterocycles. The quantitative estimate of drug-likeness (QED) is 0.192. The first-order valence-electron chi connectivity index (χ1n) is 11.6. The standard InChI is InChI=1S/C25H33N7O4S/c1-32(19-4-6-28-18(13-19)15-37)8-5-22(33)29-7-9-36-23-20(34-2)11-16(12-21(23)35-3)10-17-14-30-25(27)31-24(17)26/h4,6,11-14,37H,5,7-10,15H2,1-3H3,(H,29,33)(H4,26,27,30,31). The molecule has 11 nitrogen and oxygen atoms in total. The predicted octanol–water partition coefficient (Wildman–Crippen LogP) is 2.10. The molecule has 0 saturated carbocycles. The van der Waals surface area contributed by atoms with Crippen molar-refractivity contribution in [2.24, 2.45) is 0 Å². The number of aromatic nitrogens is 3. The van der Waals surface area contributed by atoms with E-state index >= 15 is 0 Å². The summed E-state index contributed by atoms with van der Waals surface area (Å²) >= 11 is 4.26. The van der Waals surface area contributed by atoms with Crippen molar-refractivity contribution >= 4 is 36.0 Å². The number of hydrogen-bond acceptors (Lipinski definition) is 11. The Morgan fingerprint density at radius 1 is 1.14 bits per heavy atom. The number of carbonyl (C=O) groups is 1. The molecule has 0 unspecified atom stereocenters. The number of nitrogens with zero attached hydrogens (tertiary/aromatic N) is 4. The van der Waals surface area contributed by atoms with E-state index in [2.05, 4.69) is 32.9 Å². The molecule has 37 heavy (non-hydrogen) atoms. The fourth-order valence-corrected chi connectivity index (χ4v) is 3.76. The largest absolute Gasteiger partial charge is 0.493 e. The third-order valence-electron chi connectivity index (χ3n) is 5.58. The summed E-state index contributed by atoms with van der Waals surface area (Å²) in [5, 5.41) is 2.88. The number of carbonyl (C=O) groups excluding carboxylic acids is 1. The van der Waals surface area contributed by atoms with E-state index < -0.39 is 0 Å². The molecule has 12 heteroatoms. The molecule has 0 fully saturated rings. The maximum atomic E-state index is 12.3. The first-order chi connectivity index (χ1) is 17.8. The summed E-state index contributed by atoms with van der Waals surface area (Å²) in [6.45, 7) is 1.13. The Morgan fingerprint density at radius 2 is 1.86 bits per heavy atom. The van der Waals surface area contributed by atoms with Gasteiger partial charge in [-0.3, -0.25) is 9.78 Å². The van der Waals surface area contributed by atoms with Crippen molar-refractivity contribution < 1.29 is 19.0 Å². The Labute approximate surface area is 222 Å².